The summed E-state index contributed by atoms with van der Waals surface area (Å²) >= 11 is 0. The van der Waals surface area contributed by atoms with Gasteiger partial charge in [0.2, 0.25) is 11.7 Å². The van der Waals surface area contributed by atoms with Crippen LogP contribution in [-0.4, -0.2) is 17.0 Å². The number of hydrogen-bond donors (Lipinski definition) is 3. The Morgan fingerprint density at radius 1 is 1.05 bits per heavy atom. The van der Waals surface area contributed by atoms with Crippen LogP contribution in [-0.2, 0) is 4.79 Å². The van der Waals surface area contributed by atoms with Crippen LogP contribution in [0.5, 0.6) is 0 Å². The molecule has 5 nitrogen and oxygen atoms in total. The highest BCUT2D eigenvalue weighted by Gasteiger charge is 2.35. The number of carbonyl (C=O) groups excluding carboxylic acids is 1. The Kier molecular flexibility index (Phi) is 4.40. The Bertz CT molecular complexity index is 602. The van der Waals surface area contributed by atoms with E-state index in [1.54, 1.807) is 0 Å². The highest BCUT2D eigenvalue weighted by molar-refractivity contribution is 6.11. The third kappa shape index (κ3) is 2.73. The number of amidine groups is 1. The Morgan fingerprint density at radius 3 is 1.81 bits per heavy atom. The van der Waals surface area contributed by atoms with Crippen LogP contribution in [0.1, 0.15) is 13.8 Å². The van der Waals surface area contributed by atoms with Gasteiger partial charge in [-0.3, -0.25) is 4.79 Å². The van der Waals surface area contributed by atoms with E-state index >= 15 is 0 Å². The first-order valence-corrected chi connectivity index (χ1v) is 5.36. The van der Waals surface area contributed by atoms with Crippen molar-refractivity contribution in [1.29, 1.82) is 0 Å². The molecule has 0 fully saturated rings. The van der Waals surface area contributed by atoms with Crippen molar-refractivity contribution in [2.24, 2.45) is 16.3 Å². The smallest absolute Gasteiger partial charge is 0.237 e. The summed E-state index contributed by atoms with van der Waals surface area (Å²) in [6, 6.07) is 0. The maximum atomic E-state index is 13.4. The molecule has 0 aromatic heterocycles. The van der Waals surface area contributed by atoms with Crippen LogP contribution in [0.2, 0.25) is 0 Å². The van der Waals surface area contributed by atoms with Crippen LogP contribution in [0.3, 0.4) is 0 Å². The number of nitrogens with two attached hydrogens (primary N) is 1. The molecule has 1 rings (SSSR count). The second kappa shape index (κ2) is 5.54. The molecular formula is C11H10F5N3O2. The van der Waals surface area contributed by atoms with E-state index < -0.39 is 51.9 Å². The monoisotopic (exact) mass is 311 g/mol. The number of halogens is 5. The van der Waals surface area contributed by atoms with Gasteiger partial charge in [0, 0.05) is 0 Å². The van der Waals surface area contributed by atoms with Gasteiger partial charge < -0.3 is 16.3 Å². The summed E-state index contributed by atoms with van der Waals surface area (Å²) in [5, 5.41) is 12.6. The number of rotatable bonds is 3. The summed E-state index contributed by atoms with van der Waals surface area (Å²) in [4.78, 5) is 11.8. The maximum absolute atomic E-state index is 13.4. The zero-order valence-electron chi connectivity index (χ0n) is 10.8. The lowest BCUT2D eigenvalue weighted by Gasteiger charge is -2.22. The molecule has 0 aliphatic carbocycles. The predicted molar refractivity (Wildman–Crippen MR) is 62.1 cm³/mol. The molecule has 0 radical (unpaired) electrons. The van der Waals surface area contributed by atoms with E-state index in [1.165, 1.54) is 5.32 Å². The molecule has 1 aromatic carbocycles. The molecule has 0 heterocycles. The number of amides is 1. The molecule has 0 saturated carbocycles. The predicted octanol–water partition coefficient (Wildman–Crippen LogP) is 2.09. The van der Waals surface area contributed by atoms with Crippen molar-refractivity contribution < 1.29 is 32.0 Å². The molecule has 4 N–H and O–H groups in total. The average Bonchev–Trinajstić information content (AvgIpc) is 2.46. The molecule has 0 aliphatic rings. The van der Waals surface area contributed by atoms with Crippen molar-refractivity contribution in [3.05, 3.63) is 29.1 Å². The van der Waals surface area contributed by atoms with Gasteiger partial charge in [0.25, 0.3) is 0 Å². The molecule has 0 atom stereocenters. The van der Waals surface area contributed by atoms with Gasteiger partial charge >= 0.3 is 0 Å². The number of nitrogens with zero attached hydrogens (tertiary/aromatic N) is 1. The first kappa shape index (κ1) is 16.7. The van der Waals surface area contributed by atoms with Crippen molar-refractivity contribution in [3.8, 4) is 0 Å². The molecule has 0 bridgehead atoms. The minimum atomic E-state index is -2.35. The lowest BCUT2D eigenvalue weighted by atomic mass is 9.91. The van der Waals surface area contributed by atoms with E-state index in [0.717, 1.165) is 13.8 Å². The van der Waals surface area contributed by atoms with E-state index in [0.29, 0.717) is 0 Å². The molecule has 0 spiro atoms. The van der Waals surface area contributed by atoms with Crippen LogP contribution in [0.15, 0.2) is 5.16 Å². The summed E-state index contributed by atoms with van der Waals surface area (Å²) < 4.78 is 65.6. The fraction of sp³-hybridized carbons (Fsp3) is 0.273. The number of benzene rings is 1. The quantitative estimate of drug-likeness (QED) is 0.152. The zero-order chi connectivity index (χ0) is 16.5. The molecule has 116 valence electrons. The lowest BCUT2D eigenvalue weighted by molar-refractivity contribution is -0.121. The van der Waals surface area contributed by atoms with Gasteiger partial charge in [0.1, 0.15) is 11.1 Å². The molecule has 1 aromatic rings. The molecule has 0 unspecified atom stereocenters. The summed E-state index contributed by atoms with van der Waals surface area (Å²) in [5.74, 6) is -13.0. The Hall–Kier alpha value is -2.39. The van der Waals surface area contributed by atoms with Crippen LogP contribution in [0, 0.1) is 34.5 Å². The second-order valence-corrected chi connectivity index (χ2v) is 4.51. The highest BCUT2D eigenvalue weighted by Crippen LogP contribution is 2.28. The molecular weight excluding hydrogens is 301 g/mol. The van der Waals surface area contributed by atoms with Gasteiger partial charge in [-0.05, 0) is 13.8 Å². The van der Waals surface area contributed by atoms with Crippen molar-refractivity contribution >= 4 is 17.4 Å². The van der Waals surface area contributed by atoms with Gasteiger partial charge in [-0.1, -0.05) is 5.16 Å². The number of hydrogen-bond acceptors (Lipinski definition) is 3. The largest absolute Gasteiger partial charge is 0.409 e. The summed E-state index contributed by atoms with van der Waals surface area (Å²) in [6.45, 7) is 2.23. The Balaban J connectivity index is 3.30. The molecule has 0 saturated heterocycles. The van der Waals surface area contributed by atoms with Crippen LogP contribution in [0.25, 0.3) is 0 Å². The standard InChI is InChI=1S/C11H10F5N3O2/c1-11(2,9(17)19-21)10(20)18-8-6(15)4(13)3(12)5(14)7(8)16/h21H,1-2H3,(H2,17,19)(H,18,20). The fourth-order valence-corrected chi connectivity index (χ4v) is 1.23. The average molecular weight is 311 g/mol. The number of carbonyl (C=O) groups is 1. The van der Waals surface area contributed by atoms with E-state index in [2.05, 4.69) is 5.16 Å². The number of oxime groups is 1. The van der Waals surface area contributed by atoms with Gasteiger partial charge in [-0.2, -0.15) is 0 Å². The number of nitrogens with one attached hydrogen (secondary N) is 1. The Morgan fingerprint density at radius 2 is 1.43 bits per heavy atom. The minimum absolute atomic E-state index is 0.621. The van der Waals surface area contributed by atoms with E-state index in [4.69, 9.17) is 10.9 Å². The fourth-order valence-electron chi connectivity index (χ4n) is 1.23. The van der Waals surface area contributed by atoms with Gasteiger partial charge in [-0.15, -0.1) is 0 Å². The first-order chi connectivity index (χ1) is 9.55. The first-order valence-electron chi connectivity index (χ1n) is 5.36. The number of anilines is 1. The topological polar surface area (TPSA) is 87.7 Å². The van der Waals surface area contributed by atoms with Crippen LogP contribution < -0.4 is 11.1 Å². The zero-order valence-corrected chi connectivity index (χ0v) is 10.8. The third-order valence-corrected chi connectivity index (χ3v) is 2.76. The SMILES string of the molecule is CC(C)(C(=O)Nc1c(F)c(F)c(F)c(F)c1F)C(N)=NO. The Labute approximate surface area is 115 Å². The van der Waals surface area contributed by atoms with Crippen LogP contribution in [0.4, 0.5) is 27.6 Å². The highest BCUT2D eigenvalue weighted by atomic mass is 19.2. The van der Waals surface area contributed by atoms with Gasteiger partial charge in [0.15, 0.2) is 29.1 Å². The van der Waals surface area contributed by atoms with Crippen LogP contribution >= 0.6 is 0 Å². The lowest BCUT2D eigenvalue weighted by Crippen LogP contribution is -2.42. The minimum Gasteiger partial charge on any atom is -0.409 e. The van der Waals surface area contributed by atoms with Gasteiger partial charge in [0.05, 0.1) is 0 Å². The maximum Gasteiger partial charge on any atom is 0.237 e. The molecule has 21 heavy (non-hydrogen) atoms. The molecule has 1 amide bonds. The summed E-state index contributed by atoms with van der Waals surface area (Å²) in [5.41, 5.74) is 1.94. The van der Waals surface area contributed by atoms with E-state index in [9.17, 15) is 26.7 Å². The summed E-state index contributed by atoms with van der Waals surface area (Å²) in [7, 11) is 0. The molecule has 0 aliphatic heterocycles. The summed E-state index contributed by atoms with van der Waals surface area (Å²) in [6.07, 6.45) is 0. The van der Waals surface area contributed by atoms with Crippen molar-refractivity contribution in [1.82, 2.24) is 0 Å². The normalized spacial score (nSPS) is 12.4. The van der Waals surface area contributed by atoms with Crippen molar-refractivity contribution in [2.75, 3.05) is 5.32 Å². The van der Waals surface area contributed by atoms with Gasteiger partial charge in [-0.25, -0.2) is 22.0 Å². The molecule has 10 heteroatoms. The second-order valence-electron chi connectivity index (χ2n) is 4.51. The van der Waals surface area contributed by atoms with Crippen molar-refractivity contribution in [2.45, 2.75) is 13.8 Å². The van der Waals surface area contributed by atoms with E-state index in [1.807, 2.05) is 0 Å². The third-order valence-electron chi connectivity index (χ3n) is 2.76. The van der Waals surface area contributed by atoms with E-state index in [-0.39, 0.29) is 0 Å². The van der Waals surface area contributed by atoms with Crippen molar-refractivity contribution in [3.63, 3.8) is 0 Å².